The monoisotopic (exact) mass is 448 g/mol. The molecule has 0 saturated carbocycles. The molecular weight excluding hydrogens is 420 g/mol. The second-order valence-electron chi connectivity index (χ2n) is 7.60. The minimum atomic E-state index is -0.0933. The van der Waals surface area contributed by atoms with Crippen molar-refractivity contribution in [3.05, 3.63) is 94.2 Å². The molecule has 2 aromatic carbocycles. The van der Waals surface area contributed by atoms with Gasteiger partial charge in [0.15, 0.2) is 0 Å². The fourth-order valence-corrected chi connectivity index (χ4v) is 4.48. The number of hydrogen-bond acceptors (Lipinski definition) is 5. The van der Waals surface area contributed by atoms with Crippen LogP contribution in [0.4, 0.5) is 0 Å². The van der Waals surface area contributed by atoms with Gasteiger partial charge in [-0.1, -0.05) is 48.5 Å². The van der Waals surface area contributed by atoms with E-state index in [1.807, 2.05) is 60.7 Å². The van der Waals surface area contributed by atoms with Gasteiger partial charge in [-0.05, 0) is 40.8 Å². The third-order valence-corrected chi connectivity index (χ3v) is 6.36. The van der Waals surface area contributed by atoms with Crippen LogP contribution in [0.1, 0.15) is 22.0 Å². The molecule has 5 nitrogen and oxygen atoms in total. The molecule has 3 aromatic rings. The Hall–Kier alpha value is -2.93. The van der Waals surface area contributed by atoms with Crippen molar-refractivity contribution >= 4 is 23.3 Å². The Morgan fingerprint density at radius 1 is 1.06 bits per heavy atom. The van der Waals surface area contributed by atoms with Gasteiger partial charge in [-0.25, -0.2) is 0 Å². The number of hydrogen-bond donors (Lipinski definition) is 1. The molecule has 1 aliphatic rings. The van der Waals surface area contributed by atoms with Crippen molar-refractivity contribution in [1.82, 2.24) is 10.2 Å². The largest absolute Gasteiger partial charge is 0.489 e. The number of rotatable bonds is 9. The summed E-state index contributed by atoms with van der Waals surface area (Å²) in [6, 6.07) is 22.2. The molecule has 166 valence electrons. The average Bonchev–Trinajstić information content (AvgIpc) is 3.38. The van der Waals surface area contributed by atoms with Crippen LogP contribution in [0.3, 0.4) is 0 Å². The zero-order valence-electron chi connectivity index (χ0n) is 18.0. The number of thiophene rings is 1. The highest BCUT2D eigenvalue weighted by Gasteiger charge is 2.23. The standard InChI is InChI=1S/C26H28N2O3S/c29-26(27-19-24(25-7-4-18-32-25)28-14-16-30-17-15-28)13-10-21-8-11-23(12-9-21)31-20-22-5-2-1-3-6-22/h1-13,18,24H,14-17,19-20H2,(H,27,29)/b13-10+. The maximum atomic E-state index is 12.4. The number of carbonyl (C=O) groups is 1. The predicted octanol–water partition coefficient (Wildman–Crippen LogP) is 4.53. The number of ether oxygens (including phenoxy) is 2. The number of nitrogens with one attached hydrogen (secondary N) is 1. The van der Waals surface area contributed by atoms with Gasteiger partial charge in [0.1, 0.15) is 12.4 Å². The highest BCUT2D eigenvalue weighted by atomic mass is 32.1. The number of carbonyl (C=O) groups excluding carboxylic acids is 1. The summed E-state index contributed by atoms with van der Waals surface area (Å²) in [6.45, 7) is 4.35. The summed E-state index contributed by atoms with van der Waals surface area (Å²) < 4.78 is 11.3. The second-order valence-corrected chi connectivity index (χ2v) is 8.58. The fourth-order valence-electron chi connectivity index (χ4n) is 3.62. The van der Waals surface area contributed by atoms with Gasteiger partial charge in [0.2, 0.25) is 5.91 Å². The van der Waals surface area contributed by atoms with Crippen LogP contribution in [0.25, 0.3) is 6.08 Å². The lowest BCUT2D eigenvalue weighted by Gasteiger charge is -2.34. The molecule has 1 aromatic heterocycles. The molecule has 1 unspecified atom stereocenters. The van der Waals surface area contributed by atoms with Crippen molar-refractivity contribution < 1.29 is 14.3 Å². The summed E-state index contributed by atoms with van der Waals surface area (Å²) in [6.07, 6.45) is 3.41. The summed E-state index contributed by atoms with van der Waals surface area (Å²) in [5.74, 6) is 0.712. The minimum Gasteiger partial charge on any atom is -0.489 e. The van der Waals surface area contributed by atoms with E-state index >= 15 is 0 Å². The van der Waals surface area contributed by atoms with Gasteiger partial charge in [-0.2, -0.15) is 0 Å². The minimum absolute atomic E-state index is 0.0933. The second kappa shape index (κ2) is 11.6. The first-order chi connectivity index (χ1) is 15.8. The molecule has 4 rings (SSSR count). The van der Waals surface area contributed by atoms with Crippen molar-refractivity contribution in [2.75, 3.05) is 32.8 Å². The lowest BCUT2D eigenvalue weighted by atomic mass is 10.1. The zero-order valence-corrected chi connectivity index (χ0v) is 18.8. The third kappa shape index (κ3) is 6.53. The predicted molar refractivity (Wildman–Crippen MR) is 129 cm³/mol. The molecule has 6 heteroatoms. The van der Waals surface area contributed by atoms with Crippen LogP contribution in [-0.4, -0.2) is 43.7 Å². The number of nitrogens with zero attached hydrogens (tertiary/aromatic N) is 1. The van der Waals surface area contributed by atoms with E-state index in [0.29, 0.717) is 13.2 Å². The highest BCUT2D eigenvalue weighted by molar-refractivity contribution is 7.10. The van der Waals surface area contributed by atoms with E-state index in [9.17, 15) is 4.79 Å². The number of benzene rings is 2. The third-order valence-electron chi connectivity index (χ3n) is 5.38. The Kier molecular flexibility index (Phi) is 8.09. The molecule has 32 heavy (non-hydrogen) atoms. The summed E-state index contributed by atoms with van der Waals surface area (Å²) in [5.41, 5.74) is 2.08. The van der Waals surface area contributed by atoms with Crippen LogP contribution in [0.2, 0.25) is 0 Å². The molecule has 0 aliphatic carbocycles. The van der Waals surface area contributed by atoms with Crippen LogP contribution in [0.15, 0.2) is 78.2 Å². The van der Waals surface area contributed by atoms with E-state index in [4.69, 9.17) is 9.47 Å². The molecule has 2 heterocycles. The van der Waals surface area contributed by atoms with E-state index in [1.165, 1.54) is 4.88 Å². The first-order valence-electron chi connectivity index (χ1n) is 10.9. The van der Waals surface area contributed by atoms with Crippen LogP contribution in [0, 0.1) is 0 Å². The highest BCUT2D eigenvalue weighted by Crippen LogP contribution is 2.25. The maximum absolute atomic E-state index is 12.4. The van der Waals surface area contributed by atoms with E-state index < -0.39 is 0 Å². The summed E-state index contributed by atoms with van der Waals surface area (Å²) in [5, 5.41) is 5.14. The quantitative estimate of drug-likeness (QED) is 0.489. The maximum Gasteiger partial charge on any atom is 0.244 e. The SMILES string of the molecule is O=C(/C=C/c1ccc(OCc2ccccc2)cc1)NCC(c1cccs1)N1CCOCC1. The Morgan fingerprint density at radius 3 is 2.56 bits per heavy atom. The topological polar surface area (TPSA) is 50.8 Å². The van der Waals surface area contributed by atoms with Crippen molar-refractivity contribution in [3.63, 3.8) is 0 Å². The molecular formula is C26H28N2O3S. The molecule has 1 fully saturated rings. The molecule has 0 bridgehead atoms. The van der Waals surface area contributed by atoms with Gasteiger partial charge in [0.25, 0.3) is 0 Å². The Balaban J connectivity index is 1.27. The van der Waals surface area contributed by atoms with Gasteiger partial charge in [0, 0.05) is 30.6 Å². The molecule has 1 amide bonds. The molecule has 1 atom stereocenters. The van der Waals surface area contributed by atoms with E-state index in [-0.39, 0.29) is 11.9 Å². The van der Waals surface area contributed by atoms with Gasteiger partial charge >= 0.3 is 0 Å². The number of morpholine rings is 1. The Labute approximate surface area is 193 Å². The molecule has 1 N–H and O–H groups in total. The first kappa shape index (κ1) is 22.3. The van der Waals surface area contributed by atoms with Crippen molar-refractivity contribution in [2.24, 2.45) is 0 Å². The molecule has 1 saturated heterocycles. The molecule has 0 spiro atoms. The van der Waals surface area contributed by atoms with Gasteiger partial charge < -0.3 is 14.8 Å². The van der Waals surface area contributed by atoms with Crippen molar-refractivity contribution in [3.8, 4) is 5.75 Å². The fraction of sp³-hybridized carbons (Fsp3) is 0.269. The summed E-state index contributed by atoms with van der Waals surface area (Å²) in [4.78, 5) is 16.1. The lowest BCUT2D eigenvalue weighted by Crippen LogP contribution is -2.43. The number of amides is 1. The zero-order chi connectivity index (χ0) is 22.0. The van der Waals surface area contributed by atoms with Crippen LogP contribution < -0.4 is 10.1 Å². The summed E-state index contributed by atoms with van der Waals surface area (Å²) >= 11 is 1.73. The van der Waals surface area contributed by atoms with E-state index in [0.717, 1.165) is 43.2 Å². The Morgan fingerprint density at radius 2 is 1.84 bits per heavy atom. The lowest BCUT2D eigenvalue weighted by molar-refractivity contribution is -0.116. The van der Waals surface area contributed by atoms with Crippen LogP contribution in [-0.2, 0) is 16.1 Å². The normalized spacial score (nSPS) is 15.5. The van der Waals surface area contributed by atoms with Crippen LogP contribution >= 0.6 is 11.3 Å². The van der Waals surface area contributed by atoms with Gasteiger partial charge in [0.05, 0.1) is 19.3 Å². The van der Waals surface area contributed by atoms with E-state index in [1.54, 1.807) is 17.4 Å². The summed E-state index contributed by atoms with van der Waals surface area (Å²) in [7, 11) is 0. The van der Waals surface area contributed by atoms with E-state index in [2.05, 4.69) is 27.7 Å². The smallest absolute Gasteiger partial charge is 0.244 e. The van der Waals surface area contributed by atoms with Crippen molar-refractivity contribution in [2.45, 2.75) is 12.6 Å². The first-order valence-corrected chi connectivity index (χ1v) is 11.7. The van der Waals surface area contributed by atoms with Crippen molar-refractivity contribution in [1.29, 1.82) is 0 Å². The van der Waals surface area contributed by atoms with Gasteiger partial charge in [-0.3, -0.25) is 9.69 Å². The van der Waals surface area contributed by atoms with Gasteiger partial charge in [-0.15, -0.1) is 11.3 Å². The van der Waals surface area contributed by atoms with Crippen LogP contribution in [0.5, 0.6) is 5.75 Å². The average molecular weight is 449 g/mol. The molecule has 1 aliphatic heterocycles. The molecule has 0 radical (unpaired) electrons. The Bertz CT molecular complexity index is 982.